The van der Waals surface area contributed by atoms with E-state index in [1.54, 1.807) is 0 Å². The van der Waals surface area contributed by atoms with Crippen LogP contribution in [-0.4, -0.2) is 35.0 Å². The van der Waals surface area contributed by atoms with Gasteiger partial charge in [0.1, 0.15) is 0 Å². The van der Waals surface area contributed by atoms with Crippen molar-refractivity contribution < 1.29 is 28.3 Å². The SMILES string of the molecule is CCOC(=O)C(C(C)=O)C(=O)c1ccnc(NC(C)=O)c1F. The maximum Gasteiger partial charge on any atom is 0.324 e. The Hall–Kier alpha value is -2.64. The summed E-state index contributed by atoms with van der Waals surface area (Å²) in [4.78, 5) is 50.0. The van der Waals surface area contributed by atoms with Gasteiger partial charge in [-0.1, -0.05) is 0 Å². The van der Waals surface area contributed by atoms with Gasteiger partial charge in [-0.25, -0.2) is 9.37 Å². The van der Waals surface area contributed by atoms with Gasteiger partial charge in [-0.3, -0.25) is 19.2 Å². The Balaban J connectivity index is 3.22. The lowest BCUT2D eigenvalue weighted by atomic mass is 9.94. The zero-order valence-electron chi connectivity index (χ0n) is 12.3. The van der Waals surface area contributed by atoms with Crippen molar-refractivity contribution in [3.8, 4) is 0 Å². The van der Waals surface area contributed by atoms with Crippen LogP contribution in [-0.2, 0) is 19.1 Å². The number of amides is 1. The van der Waals surface area contributed by atoms with Gasteiger partial charge in [0.15, 0.2) is 29.1 Å². The maximum absolute atomic E-state index is 14.2. The number of nitrogens with zero attached hydrogens (tertiary/aromatic N) is 1. The molecule has 1 atom stereocenters. The third kappa shape index (κ3) is 3.94. The van der Waals surface area contributed by atoms with E-state index in [2.05, 4.69) is 15.0 Å². The normalized spacial score (nSPS) is 11.5. The third-order valence-corrected chi connectivity index (χ3v) is 2.64. The Labute approximate surface area is 125 Å². The molecule has 1 aromatic heterocycles. The zero-order chi connectivity index (χ0) is 16.9. The molecule has 8 heteroatoms. The fourth-order valence-corrected chi connectivity index (χ4v) is 1.73. The first-order valence-corrected chi connectivity index (χ1v) is 6.43. The summed E-state index contributed by atoms with van der Waals surface area (Å²) in [6, 6.07) is 1.03. The molecule has 1 aromatic rings. The van der Waals surface area contributed by atoms with Crippen molar-refractivity contribution in [2.24, 2.45) is 5.92 Å². The van der Waals surface area contributed by atoms with Crippen molar-refractivity contribution in [1.29, 1.82) is 0 Å². The average molecular weight is 310 g/mol. The van der Waals surface area contributed by atoms with Gasteiger partial charge in [0.25, 0.3) is 0 Å². The lowest BCUT2D eigenvalue weighted by molar-refractivity contribution is -0.148. The van der Waals surface area contributed by atoms with E-state index in [1.165, 1.54) is 6.92 Å². The van der Waals surface area contributed by atoms with E-state index < -0.39 is 46.6 Å². The Kier molecular flexibility index (Phi) is 5.85. The van der Waals surface area contributed by atoms with Gasteiger partial charge in [0.2, 0.25) is 5.91 Å². The second-order valence-electron chi connectivity index (χ2n) is 4.36. The van der Waals surface area contributed by atoms with E-state index >= 15 is 0 Å². The molecule has 0 bridgehead atoms. The van der Waals surface area contributed by atoms with Crippen LogP contribution in [0.4, 0.5) is 10.2 Å². The first-order valence-electron chi connectivity index (χ1n) is 6.43. The third-order valence-electron chi connectivity index (χ3n) is 2.64. The maximum atomic E-state index is 14.2. The lowest BCUT2D eigenvalue weighted by Gasteiger charge is -2.13. The fraction of sp³-hybridized carbons (Fsp3) is 0.357. The summed E-state index contributed by atoms with van der Waals surface area (Å²) in [5, 5.41) is 2.11. The van der Waals surface area contributed by atoms with Crippen LogP contribution in [0, 0.1) is 11.7 Å². The summed E-state index contributed by atoms with van der Waals surface area (Å²) < 4.78 is 18.8. The molecule has 22 heavy (non-hydrogen) atoms. The molecule has 0 fully saturated rings. The van der Waals surface area contributed by atoms with Crippen LogP contribution in [0.1, 0.15) is 31.1 Å². The van der Waals surface area contributed by atoms with Crippen LogP contribution >= 0.6 is 0 Å². The van der Waals surface area contributed by atoms with Crippen molar-refractivity contribution in [2.75, 3.05) is 11.9 Å². The summed E-state index contributed by atoms with van der Waals surface area (Å²) in [7, 11) is 0. The molecular formula is C14H15FN2O5. The topological polar surface area (TPSA) is 102 Å². The highest BCUT2D eigenvalue weighted by Gasteiger charge is 2.35. The minimum atomic E-state index is -1.75. The highest BCUT2D eigenvalue weighted by atomic mass is 19.1. The van der Waals surface area contributed by atoms with Crippen molar-refractivity contribution >= 4 is 29.3 Å². The molecule has 7 nitrogen and oxygen atoms in total. The van der Waals surface area contributed by atoms with Crippen molar-refractivity contribution in [3.05, 3.63) is 23.6 Å². The predicted molar refractivity (Wildman–Crippen MR) is 73.6 cm³/mol. The van der Waals surface area contributed by atoms with E-state index in [1.807, 2.05) is 0 Å². The molecule has 1 amide bonds. The summed E-state index contributed by atoms with van der Waals surface area (Å²) in [6.07, 6.45) is 1.09. The van der Waals surface area contributed by atoms with E-state index in [0.29, 0.717) is 0 Å². The number of carbonyl (C=O) groups is 4. The summed E-state index contributed by atoms with van der Waals surface area (Å²) in [5.41, 5.74) is -0.521. The number of hydrogen-bond donors (Lipinski definition) is 1. The predicted octanol–water partition coefficient (Wildman–Crippen LogP) is 1.13. The molecule has 1 rings (SSSR count). The van der Waals surface area contributed by atoms with E-state index in [4.69, 9.17) is 0 Å². The smallest absolute Gasteiger partial charge is 0.324 e. The van der Waals surface area contributed by atoms with E-state index in [9.17, 15) is 23.6 Å². The fourth-order valence-electron chi connectivity index (χ4n) is 1.73. The van der Waals surface area contributed by atoms with Crippen LogP contribution in [0.25, 0.3) is 0 Å². The second kappa shape index (κ2) is 7.39. The van der Waals surface area contributed by atoms with Crippen molar-refractivity contribution in [2.45, 2.75) is 20.8 Å². The number of rotatable bonds is 6. The first-order chi connectivity index (χ1) is 10.3. The molecule has 118 valence electrons. The average Bonchev–Trinajstić information content (AvgIpc) is 2.40. The summed E-state index contributed by atoms with van der Waals surface area (Å²) in [6.45, 7) is 3.67. The van der Waals surface area contributed by atoms with Gasteiger partial charge in [0, 0.05) is 13.1 Å². The van der Waals surface area contributed by atoms with Crippen LogP contribution in [0.5, 0.6) is 0 Å². The molecule has 0 spiro atoms. The lowest BCUT2D eigenvalue weighted by Crippen LogP contribution is -2.33. The highest BCUT2D eigenvalue weighted by Crippen LogP contribution is 2.20. The zero-order valence-corrected chi connectivity index (χ0v) is 12.3. The van der Waals surface area contributed by atoms with Crippen molar-refractivity contribution in [1.82, 2.24) is 4.98 Å². The van der Waals surface area contributed by atoms with Gasteiger partial charge in [-0.05, 0) is 19.9 Å². The number of esters is 1. The summed E-state index contributed by atoms with van der Waals surface area (Å²) in [5.74, 6) is -6.75. The molecular weight excluding hydrogens is 295 g/mol. The summed E-state index contributed by atoms with van der Waals surface area (Å²) >= 11 is 0. The van der Waals surface area contributed by atoms with E-state index in [-0.39, 0.29) is 6.61 Å². The number of hydrogen-bond acceptors (Lipinski definition) is 6. The molecule has 0 aromatic carbocycles. The van der Waals surface area contributed by atoms with Crippen LogP contribution < -0.4 is 5.32 Å². The van der Waals surface area contributed by atoms with Crippen molar-refractivity contribution in [3.63, 3.8) is 0 Å². The monoisotopic (exact) mass is 310 g/mol. The quantitative estimate of drug-likeness (QED) is 0.480. The number of Topliss-reactive ketones (excluding diaryl/α,β-unsaturated/α-hetero) is 2. The minimum Gasteiger partial charge on any atom is -0.465 e. The van der Waals surface area contributed by atoms with Gasteiger partial charge in [0.05, 0.1) is 12.2 Å². The Morgan fingerprint density at radius 2 is 1.95 bits per heavy atom. The van der Waals surface area contributed by atoms with E-state index in [0.717, 1.165) is 26.1 Å². The molecule has 0 aliphatic rings. The number of ketones is 2. The molecule has 0 saturated carbocycles. The molecule has 0 saturated heterocycles. The Morgan fingerprint density at radius 1 is 1.32 bits per heavy atom. The van der Waals surface area contributed by atoms with Crippen LogP contribution in [0.15, 0.2) is 12.3 Å². The van der Waals surface area contributed by atoms with Gasteiger partial charge >= 0.3 is 5.97 Å². The van der Waals surface area contributed by atoms with Gasteiger partial charge in [-0.2, -0.15) is 0 Å². The standard InChI is InChI=1S/C14H15FN2O5/c1-4-22-14(21)10(7(2)18)12(20)9-5-6-16-13(11(9)15)17-8(3)19/h5-6,10H,4H2,1-3H3,(H,16,17,19). The Morgan fingerprint density at radius 3 is 2.45 bits per heavy atom. The molecule has 0 aliphatic carbocycles. The number of carbonyl (C=O) groups excluding carboxylic acids is 4. The molecule has 1 unspecified atom stereocenters. The number of nitrogens with one attached hydrogen (secondary N) is 1. The Bertz CT molecular complexity index is 630. The molecule has 1 N–H and O–H groups in total. The first kappa shape index (κ1) is 17.4. The molecule has 0 aliphatic heterocycles. The number of aromatic nitrogens is 1. The van der Waals surface area contributed by atoms with Gasteiger partial charge in [-0.15, -0.1) is 0 Å². The minimum absolute atomic E-state index is 0.0220. The molecule has 0 radical (unpaired) electrons. The number of halogens is 1. The number of anilines is 1. The van der Waals surface area contributed by atoms with Crippen LogP contribution in [0.2, 0.25) is 0 Å². The van der Waals surface area contributed by atoms with Gasteiger partial charge < -0.3 is 10.1 Å². The second-order valence-corrected chi connectivity index (χ2v) is 4.36. The molecule has 1 heterocycles. The number of pyridine rings is 1. The largest absolute Gasteiger partial charge is 0.465 e. The number of ether oxygens (including phenoxy) is 1. The van der Waals surface area contributed by atoms with Crippen LogP contribution in [0.3, 0.4) is 0 Å². The highest BCUT2D eigenvalue weighted by molar-refractivity contribution is 6.22.